The van der Waals surface area contributed by atoms with Crippen LogP contribution in [0.2, 0.25) is 0 Å². The maximum Gasteiger partial charge on any atom is 0.240 e. The molecule has 1 aliphatic carbocycles. The zero-order valence-corrected chi connectivity index (χ0v) is 13.5. The summed E-state index contributed by atoms with van der Waals surface area (Å²) in [7, 11) is 0. The van der Waals surface area contributed by atoms with E-state index in [0.29, 0.717) is 0 Å². The van der Waals surface area contributed by atoms with Gasteiger partial charge in [-0.1, -0.05) is 6.92 Å². The van der Waals surface area contributed by atoms with Crippen molar-refractivity contribution in [3.63, 3.8) is 0 Å². The van der Waals surface area contributed by atoms with Crippen LogP contribution in [0.3, 0.4) is 0 Å². The van der Waals surface area contributed by atoms with E-state index in [1.165, 1.54) is 22.2 Å². The fraction of sp³-hybridized carbons (Fsp3) is 0.562. The first kappa shape index (κ1) is 13.9. The van der Waals surface area contributed by atoms with Crippen LogP contribution in [0.15, 0.2) is 6.33 Å². The number of carbonyl (C=O) groups excluding carboxylic acids is 1. The highest BCUT2D eigenvalue weighted by Crippen LogP contribution is 2.41. The van der Waals surface area contributed by atoms with Crippen LogP contribution in [0, 0.1) is 5.92 Å². The van der Waals surface area contributed by atoms with Crippen molar-refractivity contribution < 1.29 is 4.79 Å². The lowest BCUT2D eigenvalue weighted by atomic mass is 9.89. The molecule has 1 aliphatic heterocycles. The minimum absolute atomic E-state index is 0.226. The summed E-state index contributed by atoms with van der Waals surface area (Å²) < 4.78 is 0. The van der Waals surface area contributed by atoms with E-state index in [9.17, 15) is 4.79 Å². The molecule has 0 aromatic carbocycles. The topological polar surface area (TPSA) is 72.1 Å². The fourth-order valence-corrected chi connectivity index (χ4v) is 5.14. The standard InChI is InChI=1S/C16H20N4OS/c1-9-4-5-10-12(7-9)22-16-13(10)15(18-8-19-16)20-6-2-3-11(20)14(17)21/h8-9,11H,2-7H2,1H3,(H2,17,21)/t9-,11-/m1/s1. The van der Waals surface area contributed by atoms with Crippen LogP contribution >= 0.6 is 11.3 Å². The van der Waals surface area contributed by atoms with E-state index < -0.39 is 0 Å². The molecule has 0 unspecified atom stereocenters. The highest BCUT2D eigenvalue weighted by molar-refractivity contribution is 7.19. The monoisotopic (exact) mass is 316 g/mol. The Balaban J connectivity index is 1.86. The SMILES string of the molecule is C[C@@H]1CCc2c(sc3ncnc(N4CCC[C@@H]4C(N)=O)c23)C1. The smallest absolute Gasteiger partial charge is 0.240 e. The highest BCUT2D eigenvalue weighted by atomic mass is 32.1. The van der Waals surface area contributed by atoms with Gasteiger partial charge < -0.3 is 10.6 Å². The molecule has 6 heteroatoms. The van der Waals surface area contributed by atoms with E-state index in [1.54, 1.807) is 17.7 Å². The summed E-state index contributed by atoms with van der Waals surface area (Å²) >= 11 is 1.79. The third-order valence-corrected chi connectivity index (χ3v) is 6.09. The normalized spacial score (nSPS) is 24.7. The number of primary amides is 1. The summed E-state index contributed by atoms with van der Waals surface area (Å²) in [6.07, 6.45) is 6.87. The Morgan fingerprint density at radius 3 is 3.09 bits per heavy atom. The second-order valence-electron chi connectivity index (χ2n) is 6.48. The molecule has 2 N–H and O–H groups in total. The quantitative estimate of drug-likeness (QED) is 0.922. The third kappa shape index (κ3) is 2.08. The summed E-state index contributed by atoms with van der Waals surface area (Å²) in [6, 6.07) is -0.226. The van der Waals surface area contributed by atoms with Gasteiger partial charge in [0.2, 0.25) is 5.91 Å². The number of amides is 1. The van der Waals surface area contributed by atoms with Gasteiger partial charge in [0, 0.05) is 11.4 Å². The predicted octanol–water partition coefficient (Wildman–Crippen LogP) is 2.27. The lowest BCUT2D eigenvalue weighted by molar-refractivity contribution is -0.119. The van der Waals surface area contributed by atoms with Gasteiger partial charge in [0.25, 0.3) is 0 Å². The number of nitrogens with zero attached hydrogens (tertiary/aromatic N) is 3. The average molecular weight is 316 g/mol. The van der Waals surface area contributed by atoms with Gasteiger partial charge in [-0.15, -0.1) is 11.3 Å². The molecule has 2 aromatic rings. The molecule has 0 saturated carbocycles. The number of hydrogen-bond acceptors (Lipinski definition) is 5. The van der Waals surface area contributed by atoms with Crippen molar-refractivity contribution in [2.75, 3.05) is 11.4 Å². The molecule has 1 amide bonds. The summed E-state index contributed by atoms with van der Waals surface area (Å²) in [5.74, 6) is 1.41. The molecule has 4 rings (SSSR count). The van der Waals surface area contributed by atoms with Crippen LogP contribution in [0.25, 0.3) is 10.2 Å². The number of rotatable bonds is 2. The van der Waals surface area contributed by atoms with E-state index in [2.05, 4.69) is 21.8 Å². The fourth-order valence-electron chi connectivity index (χ4n) is 3.79. The first-order chi connectivity index (χ1) is 10.6. The zero-order valence-electron chi connectivity index (χ0n) is 12.7. The molecular weight excluding hydrogens is 296 g/mol. The van der Waals surface area contributed by atoms with Gasteiger partial charge >= 0.3 is 0 Å². The van der Waals surface area contributed by atoms with Gasteiger partial charge in [0.15, 0.2) is 0 Å². The van der Waals surface area contributed by atoms with Crippen molar-refractivity contribution in [3.05, 3.63) is 16.8 Å². The van der Waals surface area contributed by atoms with Crippen molar-refractivity contribution >= 4 is 33.3 Å². The molecular formula is C16H20N4OS. The largest absolute Gasteiger partial charge is 0.368 e. The first-order valence-corrected chi connectivity index (χ1v) is 8.78. The average Bonchev–Trinajstić information content (AvgIpc) is 3.10. The molecule has 0 radical (unpaired) electrons. The van der Waals surface area contributed by atoms with Crippen molar-refractivity contribution in [3.8, 4) is 0 Å². The Morgan fingerprint density at radius 1 is 1.41 bits per heavy atom. The number of aromatic nitrogens is 2. The van der Waals surface area contributed by atoms with Crippen molar-refractivity contribution in [1.29, 1.82) is 0 Å². The molecule has 2 atom stereocenters. The number of anilines is 1. The number of fused-ring (bicyclic) bond motifs is 3. The minimum Gasteiger partial charge on any atom is -0.368 e. The van der Waals surface area contributed by atoms with E-state index in [1.807, 2.05) is 0 Å². The van der Waals surface area contributed by atoms with Crippen molar-refractivity contribution in [1.82, 2.24) is 9.97 Å². The van der Waals surface area contributed by atoms with Crippen molar-refractivity contribution in [2.45, 2.75) is 45.1 Å². The number of hydrogen-bond donors (Lipinski definition) is 1. The second kappa shape index (κ2) is 5.19. The maximum absolute atomic E-state index is 11.7. The Kier molecular flexibility index (Phi) is 3.29. The number of aryl methyl sites for hydroxylation is 1. The van der Waals surface area contributed by atoms with E-state index in [0.717, 1.165) is 48.8 Å². The number of nitrogens with two attached hydrogens (primary N) is 1. The van der Waals surface area contributed by atoms with Crippen LogP contribution in [-0.4, -0.2) is 28.5 Å². The van der Waals surface area contributed by atoms with E-state index in [-0.39, 0.29) is 11.9 Å². The molecule has 22 heavy (non-hydrogen) atoms. The van der Waals surface area contributed by atoms with Crippen LogP contribution < -0.4 is 10.6 Å². The highest BCUT2D eigenvalue weighted by Gasteiger charge is 2.33. The van der Waals surface area contributed by atoms with Gasteiger partial charge in [-0.25, -0.2) is 9.97 Å². The Bertz CT molecular complexity index is 741. The summed E-state index contributed by atoms with van der Waals surface area (Å²) in [4.78, 5) is 25.3. The van der Waals surface area contributed by atoms with Gasteiger partial charge in [-0.3, -0.25) is 4.79 Å². The molecule has 116 valence electrons. The Hall–Kier alpha value is -1.69. The molecule has 2 aromatic heterocycles. The third-order valence-electron chi connectivity index (χ3n) is 4.92. The van der Waals surface area contributed by atoms with Gasteiger partial charge in [-0.2, -0.15) is 0 Å². The second-order valence-corrected chi connectivity index (χ2v) is 7.57. The molecule has 2 aliphatic rings. The maximum atomic E-state index is 11.7. The van der Waals surface area contributed by atoms with Gasteiger partial charge in [0.1, 0.15) is 23.0 Å². The molecule has 3 heterocycles. The van der Waals surface area contributed by atoms with Gasteiger partial charge in [0.05, 0.1) is 5.39 Å². The lowest BCUT2D eigenvalue weighted by Crippen LogP contribution is -2.40. The summed E-state index contributed by atoms with van der Waals surface area (Å²) in [6.45, 7) is 3.16. The Morgan fingerprint density at radius 2 is 2.27 bits per heavy atom. The van der Waals surface area contributed by atoms with Crippen molar-refractivity contribution in [2.24, 2.45) is 11.7 Å². The first-order valence-electron chi connectivity index (χ1n) is 7.96. The lowest BCUT2D eigenvalue weighted by Gasteiger charge is -2.25. The Labute approximate surface area is 133 Å². The summed E-state index contributed by atoms with van der Waals surface area (Å²) in [5, 5.41) is 1.17. The van der Waals surface area contributed by atoms with Crippen LogP contribution in [0.4, 0.5) is 5.82 Å². The predicted molar refractivity (Wildman–Crippen MR) is 88.2 cm³/mol. The van der Waals surface area contributed by atoms with Crippen LogP contribution in [0.5, 0.6) is 0 Å². The molecule has 1 saturated heterocycles. The molecule has 5 nitrogen and oxygen atoms in total. The summed E-state index contributed by atoms with van der Waals surface area (Å²) in [5.41, 5.74) is 6.99. The van der Waals surface area contributed by atoms with E-state index in [4.69, 9.17) is 5.73 Å². The van der Waals surface area contributed by atoms with Gasteiger partial charge in [-0.05, 0) is 43.6 Å². The molecule has 0 bridgehead atoms. The van der Waals surface area contributed by atoms with Crippen LogP contribution in [-0.2, 0) is 17.6 Å². The number of carbonyl (C=O) groups is 1. The number of thiophene rings is 1. The molecule has 1 fully saturated rings. The minimum atomic E-state index is -0.248. The van der Waals surface area contributed by atoms with E-state index >= 15 is 0 Å². The molecule has 0 spiro atoms. The van der Waals surface area contributed by atoms with Crippen LogP contribution in [0.1, 0.15) is 36.6 Å². The zero-order chi connectivity index (χ0) is 15.3.